The van der Waals surface area contributed by atoms with Crippen molar-refractivity contribution in [2.24, 2.45) is 5.92 Å². The average Bonchev–Trinajstić information content (AvgIpc) is 2.87. The Morgan fingerprint density at radius 3 is 1.79 bits per heavy atom. The fraction of sp³-hybridized carbons (Fsp3) is 0.310. The first-order valence-corrected chi connectivity index (χ1v) is 13.8. The first-order valence-electron chi connectivity index (χ1n) is 12.4. The molecule has 0 spiro atoms. The summed E-state index contributed by atoms with van der Waals surface area (Å²) in [6.45, 7) is 8.68. The van der Waals surface area contributed by atoms with E-state index >= 15 is 0 Å². The van der Waals surface area contributed by atoms with E-state index in [-0.39, 0.29) is 10.8 Å². The standard InChI is InChI=1S/C29H34N2O7S/c1-19(2)26(27(32)38-29(3,4)5)31-39(34,35)25-17-9-21(10-18-25)20-7-13-24(14-8-20)37-28(33)30-22-11-15-23(36-6)16-12-22/h7-19,26,31H,1-6H3,(H,30,33)/t26-/m1/s1. The summed E-state index contributed by atoms with van der Waals surface area (Å²) in [7, 11) is -2.42. The molecule has 0 unspecified atom stereocenters. The minimum absolute atomic E-state index is 0.0237. The molecule has 0 aliphatic rings. The Balaban J connectivity index is 1.65. The molecule has 3 aromatic rings. The smallest absolute Gasteiger partial charge is 0.417 e. The van der Waals surface area contributed by atoms with Gasteiger partial charge < -0.3 is 14.2 Å². The van der Waals surface area contributed by atoms with Crippen molar-refractivity contribution in [1.29, 1.82) is 0 Å². The third kappa shape index (κ3) is 8.56. The lowest BCUT2D eigenvalue weighted by Gasteiger charge is -2.26. The number of hydrogen-bond donors (Lipinski definition) is 2. The third-order valence-corrected chi connectivity index (χ3v) is 6.97. The first-order chi connectivity index (χ1) is 18.3. The van der Waals surface area contributed by atoms with Gasteiger partial charge in [-0.15, -0.1) is 0 Å². The molecule has 0 bridgehead atoms. The largest absolute Gasteiger partial charge is 0.497 e. The van der Waals surface area contributed by atoms with Crippen LogP contribution in [0.5, 0.6) is 11.5 Å². The van der Waals surface area contributed by atoms with Crippen molar-refractivity contribution in [1.82, 2.24) is 4.72 Å². The van der Waals surface area contributed by atoms with Gasteiger partial charge in [0.25, 0.3) is 0 Å². The molecule has 0 saturated carbocycles. The number of esters is 1. The van der Waals surface area contributed by atoms with Gasteiger partial charge in [-0.3, -0.25) is 10.1 Å². The monoisotopic (exact) mass is 554 g/mol. The van der Waals surface area contributed by atoms with Crippen LogP contribution in [-0.4, -0.2) is 39.2 Å². The maximum absolute atomic E-state index is 13.0. The Labute approximate surface area is 229 Å². The van der Waals surface area contributed by atoms with Gasteiger partial charge in [0.1, 0.15) is 23.1 Å². The number of rotatable bonds is 9. The third-order valence-electron chi connectivity index (χ3n) is 5.51. The Kier molecular flexibility index (Phi) is 9.36. The molecule has 0 aliphatic carbocycles. The van der Waals surface area contributed by atoms with E-state index in [0.717, 1.165) is 11.1 Å². The fourth-order valence-electron chi connectivity index (χ4n) is 3.52. The molecule has 10 heteroatoms. The van der Waals surface area contributed by atoms with E-state index in [2.05, 4.69) is 10.0 Å². The van der Waals surface area contributed by atoms with E-state index in [4.69, 9.17) is 14.2 Å². The molecule has 1 amide bonds. The molecule has 0 aromatic heterocycles. The molecule has 0 heterocycles. The molecule has 0 fully saturated rings. The van der Waals surface area contributed by atoms with Crippen molar-refractivity contribution in [2.75, 3.05) is 12.4 Å². The molecule has 9 nitrogen and oxygen atoms in total. The summed E-state index contributed by atoms with van der Waals surface area (Å²) in [6, 6.07) is 18.9. The van der Waals surface area contributed by atoms with Gasteiger partial charge in [-0.1, -0.05) is 38.1 Å². The minimum Gasteiger partial charge on any atom is -0.497 e. The van der Waals surface area contributed by atoms with E-state index in [9.17, 15) is 18.0 Å². The molecule has 1 atom stereocenters. The Hall–Kier alpha value is -3.89. The lowest BCUT2D eigenvalue weighted by molar-refractivity contribution is -0.158. The lowest BCUT2D eigenvalue weighted by atomic mass is 10.1. The van der Waals surface area contributed by atoms with Crippen molar-refractivity contribution >= 4 is 27.8 Å². The molecular weight excluding hydrogens is 520 g/mol. The summed E-state index contributed by atoms with van der Waals surface area (Å²) in [5.74, 6) is 0.0765. The van der Waals surface area contributed by atoms with Gasteiger partial charge in [-0.25, -0.2) is 13.2 Å². The molecular formula is C29H34N2O7S. The zero-order valence-electron chi connectivity index (χ0n) is 22.8. The summed E-state index contributed by atoms with van der Waals surface area (Å²) in [5.41, 5.74) is 1.38. The van der Waals surface area contributed by atoms with Crippen molar-refractivity contribution in [3.63, 3.8) is 0 Å². The second-order valence-corrected chi connectivity index (χ2v) is 11.9. The van der Waals surface area contributed by atoms with Crippen molar-refractivity contribution < 1.29 is 32.2 Å². The SMILES string of the molecule is COc1ccc(NC(=O)Oc2ccc(-c3ccc(S(=O)(=O)N[C@@H](C(=O)OC(C)(C)C)C(C)C)cc3)cc2)cc1. The molecule has 0 aliphatic heterocycles. The number of nitrogens with one attached hydrogen (secondary N) is 2. The van der Waals surface area contributed by atoms with Crippen LogP contribution in [0.4, 0.5) is 10.5 Å². The number of carbonyl (C=O) groups is 2. The number of sulfonamides is 1. The molecule has 3 aromatic carbocycles. The summed E-state index contributed by atoms with van der Waals surface area (Å²) < 4.78 is 44.3. The van der Waals surface area contributed by atoms with Crippen molar-refractivity contribution in [3.05, 3.63) is 72.8 Å². The van der Waals surface area contributed by atoms with Crippen LogP contribution in [-0.2, 0) is 19.6 Å². The molecule has 0 radical (unpaired) electrons. The van der Waals surface area contributed by atoms with E-state index < -0.39 is 33.7 Å². The van der Waals surface area contributed by atoms with Crippen LogP contribution in [0.25, 0.3) is 11.1 Å². The zero-order valence-corrected chi connectivity index (χ0v) is 23.7. The number of methoxy groups -OCH3 is 1. The second-order valence-electron chi connectivity index (χ2n) is 10.2. The van der Waals surface area contributed by atoms with E-state index in [0.29, 0.717) is 17.2 Å². The van der Waals surface area contributed by atoms with Gasteiger partial charge >= 0.3 is 12.1 Å². The Bertz CT molecular complexity index is 1380. The highest BCUT2D eigenvalue weighted by atomic mass is 32.2. The van der Waals surface area contributed by atoms with E-state index in [1.807, 2.05) is 0 Å². The topological polar surface area (TPSA) is 120 Å². The normalized spacial score (nSPS) is 12.5. The Morgan fingerprint density at radius 1 is 0.795 bits per heavy atom. The number of amides is 1. The Morgan fingerprint density at radius 2 is 1.31 bits per heavy atom. The van der Waals surface area contributed by atoms with E-state index in [1.54, 1.807) is 102 Å². The van der Waals surface area contributed by atoms with E-state index in [1.165, 1.54) is 12.1 Å². The molecule has 2 N–H and O–H groups in total. The second kappa shape index (κ2) is 12.3. The highest BCUT2D eigenvalue weighted by molar-refractivity contribution is 7.89. The van der Waals surface area contributed by atoms with Gasteiger partial charge in [-0.05, 0) is 86.3 Å². The van der Waals surface area contributed by atoms with Crippen LogP contribution < -0.4 is 19.5 Å². The minimum atomic E-state index is -3.98. The quantitative estimate of drug-likeness (QED) is 0.330. The first kappa shape index (κ1) is 29.7. The number of hydrogen-bond acceptors (Lipinski definition) is 7. The highest BCUT2D eigenvalue weighted by Gasteiger charge is 2.32. The summed E-state index contributed by atoms with van der Waals surface area (Å²) in [6.07, 6.45) is -0.638. The predicted octanol–water partition coefficient (Wildman–Crippen LogP) is 5.62. The maximum atomic E-state index is 13.0. The summed E-state index contributed by atoms with van der Waals surface area (Å²) in [5, 5.41) is 2.64. The summed E-state index contributed by atoms with van der Waals surface area (Å²) >= 11 is 0. The van der Waals surface area contributed by atoms with Gasteiger partial charge in [0.05, 0.1) is 12.0 Å². The van der Waals surface area contributed by atoms with Gasteiger partial charge in [-0.2, -0.15) is 4.72 Å². The molecule has 39 heavy (non-hydrogen) atoms. The van der Waals surface area contributed by atoms with Gasteiger partial charge in [0.15, 0.2) is 0 Å². The lowest BCUT2D eigenvalue weighted by Crippen LogP contribution is -2.47. The van der Waals surface area contributed by atoms with Crippen LogP contribution in [0, 0.1) is 5.92 Å². The number of anilines is 1. The molecule has 0 saturated heterocycles. The summed E-state index contributed by atoms with van der Waals surface area (Å²) in [4.78, 5) is 24.8. The van der Waals surface area contributed by atoms with Crippen molar-refractivity contribution in [3.8, 4) is 22.6 Å². The number of benzene rings is 3. The number of ether oxygens (including phenoxy) is 3. The van der Waals surface area contributed by atoms with Gasteiger partial charge in [0.2, 0.25) is 10.0 Å². The fourth-order valence-corrected chi connectivity index (χ4v) is 4.86. The van der Waals surface area contributed by atoms with Crippen LogP contribution >= 0.6 is 0 Å². The maximum Gasteiger partial charge on any atom is 0.417 e. The van der Waals surface area contributed by atoms with Crippen LogP contribution in [0.2, 0.25) is 0 Å². The zero-order chi connectivity index (χ0) is 28.8. The number of carbonyl (C=O) groups excluding carboxylic acids is 2. The molecule has 3 rings (SSSR count). The van der Waals surface area contributed by atoms with Gasteiger partial charge in [0, 0.05) is 5.69 Å². The van der Waals surface area contributed by atoms with Crippen LogP contribution in [0.15, 0.2) is 77.7 Å². The average molecular weight is 555 g/mol. The van der Waals surface area contributed by atoms with Crippen molar-refractivity contribution in [2.45, 2.75) is 51.2 Å². The molecule has 208 valence electrons. The van der Waals surface area contributed by atoms with Crippen LogP contribution in [0.1, 0.15) is 34.6 Å². The predicted molar refractivity (Wildman–Crippen MR) is 149 cm³/mol. The van der Waals surface area contributed by atoms with Crippen LogP contribution in [0.3, 0.4) is 0 Å². The highest BCUT2D eigenvalue weighted by Crippen LogP contribution is 2.25.